The normalized spacial score (nSPS) is 12.2. The molecule has 0 saturated carbocycles. The summed E-state index contributed by atoms with van der Waals surface area (Å²) in [6.07, 6.45) is 2.57. The Labute approximate surface area is 133 Å². The van der Waals surface area contributed by atoms with Crippen LogP contribution < -0.4 is 10.6 Å². The molecule has 0 spiro atoms. The van der Waals surface area contributed by atoms with Gasteiger partial charge in [-0.3, -0.25) is 4.68 Å². The van der Waals surface area contributed by atoms with Gasteiger partial charge in [0, 0.05) is 18.4 Å². The van der Waals surface area contributed by atoms with Gasteiger partial charge in [0.05, 0.1) is 24.5 Å². The molecule has 0 aliphatic rings. The Morgan fingerprint density at radius 3 is 2.61 bits per heavy atom. The molecule has 7 nitrogen and oxygen atoms in total. The molecular formula is C15H20FN5O2. The minimum Gasteiger partial charge on any atom is -0.390 e. The fourth-order valence-electron chi connectivity index (χ4n) is 2.05. The first kappa shape index (κ1) is 16.9. The van der Waals surface area contributed by atoms with Gasteiger partial charge in [-0.05, 0) is 38.4 Å². The Bertz CT molecular complexity index is 642. The zero-order valence-corrected chi connectivity index (χ0v) is 13.0. The Hall–Kier alpha value is -2.45. The molecule has 0 aliphatic heterocycles. The molecule has 8 heteroatoms. The number of halogens is 1. The third-order valence-corrected chi connectivity index (χ3v) is 2.97. The average Bonchev–Trinajstić information content (AvgIpc) is 2.87. The molecule has 0 fully saturated rings. The van der Waals surface area contributed by atoms with Crippen LogP contribution in [0.15, 0.2) is 36.7 Å². The number of hydrogen-bond donors (Lipinski definition) is 3. The van der Waals surface area contributed by atoms with E-state index in [1.807, 2.05) is 19.0 Å². The van der Waals surface area contributed by atoms with Crippen molar-refractivity contribution in [2.24, 2.45) is 0 Å². The molecule has 1 aromatic carbocycles. The zero-order valence-electron chi connectivity index (χ0n) is 13.0. The van der Waals surface area contributed by atoms with Gasteiger partial charge in [-0.15, -0.1) is 0 Å². The molecule has 1 aromatic heterocycles. The van der Waals surface area contributed by atoms with E-state index < -0.39 is 12.1 Å². The minimum absolute atomic E-state index is 0.333. The smallest absolute Gasteiger partial charge is 0.323 e. The topological polar surface area (TPSA) is 82.4 Å². The first-order valence-corrected chi connectivity index (χ1v) is 7.11. The summed E-state index contributed by atoms with van der Waals surface area (Å²) in [4.78, 5) is 13.7. The molecule has 2 amide bonds. The van der Waals surface area contributed by atoms with Gasteiger partial charge in [-0.2, -0.15) is 5.10 Å². The van der Waals surface area contributed by atoms with Crippen LogP contribution in [-0.4, -0.2) is 52.6 Å². The van der Waals surface area contributed by atoms with E-state index in [0.717, 1.165) is 0 Å². The molecule has 1 unspecified atom stereocenters. The third kappa shape index (κ3) is 5.68. The fourth-order valence-corrected chi connectivity index (χ4v) is 2.05. The maximum absolute atomic E-state index is 12.8. The molecule has 2 aromatic rings. The van der Waals surface area contributed by atoms with E-state index in [2.05, 4.69) is 15.7 Å². The van der Waals surface area contributed by atoms with Crippen molar-refractivity contribution < 1.29 is 14.3 Å². The van der Waals surface area contributed by atoms with Crippen molar-refractivity contribution in [1.29, 1.82) is 0 Å². The number of aliphatic hydroxyl groups is 1. The van der Waals surface area contributed by atoms with E-state index in [9.17, 15) is 14.3 Å². The molecule has 1 atom stereocenters. The largest absolute Gasteiger partial charge is 0.390 e. The first-order valence-electron chi connectivity index (χ1n) is 7.11. The second kappa shape index (κ2) is 7.70. The summed E-state index contributed by atoms with van der Waals surface area (Å²) in [5.74, 6) is -0.367. The second-order valence-electron chi connectivity index (χ2n) is 5.45. The number of amides is 2. The molecule has 124 valence electrons. The van der Waals surface area contributed by atoms with E-state index in [1.54, 1.807) is 10.9 Å². The number of carbonyl (C=O) groups excluding carboxylic acids is 1. The third-order valence-electron chi connectivity index (χ3n) is 2.97. The summed E-state index contributed by atoms with van der Waals surface area (Å²) in [7, 11) is 3.75. The van der Waals surface area contributed by atoms with Crippen molar-refractivity contribution >= 4 is 17.4 Å². The second-order valence-corrected chi connectivity index (χ2v) is 5.45. The van der Waals surface area contributed by atoms with Crippen LogP contribution in [0, 0.1) is 5.82 Å². The fraction of sp³-hybridized carbons (Fsp3) is 0.333. The van der Waals surface area contributed by atoms with Crippen LogP contribution >= 0.6 is 0 Å². The van der Waals surface area contributed by atoms with Gasteiger partial charge in [0.2, 0.25) is 0 Å². The van der Waals surface area contributed by atoms with Crippen LogP contribution in [0.5, 0.6) is 0 Å². The van der Waals surface area contributed by atoms with E-state index in [1.165, 1.54) is 30.5 Å². The molecule has 2 rings (SSSR count). The van der Waals surface area contributed by atoms with Gasteiger partial charge in [0.25, 0.3) is 0 Å². The zero-order chi connectivity index (χ0) is 16.8. The highest BCUT2D eigenvalue weighted by molar-refractivity contribution is 5.99. The van der Waals surface area contributed by atoms with Gasteiger partial charge < -0.3 is 20.6 Å². The van der Waals surface area contributed by atoms with E-state index in [-0.39, 0.29) is 5.82 Å². The van der Waals surface area contributed by atoms with Crippen LogP contribution in [0.2, 0.25) is 0 Å². The maximum atomic E-state index is 12.8. The van der Waals surface area contributed by atoms with Gasteiger partial charge in [0.15, 0.2) is 0 Å². The number of aromatic nitrogens is 2. The summed E-state index contributed by atoms with van der Waals surface area (Å²) in [5.41, 5.74) is 0.986. The number of hydrogen-bond acceptors (Lipinski definition) is 4. The highest BCUT2D eigenvalue weighted by Crippen LogP contribution is 2.10. The number of aliphatic hydroxyl groups excluding tert-OH is 1. The lowest BCUT2D eigenvalue weighted by atomic mass is 10.3. The van der Waals surface area contributed by atoms with Crippen LogP contribution in [0.3, 0.4) is 0 Å². The van der Waals surface area contributed by atoms with Crippen LogP contribution in [-0.2, 0) is 6.54 Å². The maximum Gasteiger partial charge on any atom is 0.323 e. The Balaban J connectivity index is 1.86. The molecule has 23 heavy (non-hydrogen) atoms. The van der Waals surface area contributed by atoms with E-state index in [0.29, 0.717) is 24.5 Å². The molecule has 3 N–H and O–H groups in total. The lowest BCUT2D eigenvalue weighted by molar-refractivity contribution is 0.116. The van der Waals surface area contributed by atoms with Gasteiger partial charge in [-0.25, -0.2) is 9.18 Å². The summed E-state index contributed by atoms with van der Waals surface area (Å²) in [6, 6.07) is 5.01. The van der Waals surface area contributed by atoms with Crippen LogP contribution in [0.1, 0.15) is 0 Å². The number of nitrogens with one attached hydrogen (secondary N) is 2. The predicted molar refractivity (Wildman–Crippen MR) is 85.8 cm³/mol. The number of nitrogens with zero attached hydrogens (tertiary/aromatic N) is 3. The Morgan fingerprint density at radius 1 is 1.30 bits per heavy atom. The van der Waals surface area contributed by atoms with E-state index in [4.69, 9.17) is 0 Å². The number of rotatable bonds is 6. The molecule has 0 radical (unpaired) electrons. The first-order chi connectivity index (χ1) is 10.9. The quantitative estimate of drug-likeness (QED) is 0.754. The van der Waals surface area contributed by atoms with E-state index >= 15 is 0 Å². The molecular weight excluding hydrogens is 301 g/mol. The molecule has 0 bridgehead atoms. The highest BCUT2D eigenvalue weighted by Gasteiger charge is 2.09. The average molecular weight is 321 g/mol. The van der Waals surface area contributed by atoms with Gasteiger partial charge >= 0.3 is 6.03 Å². The summed E-state index contributed by atoms with van der Waals surface area (Å²) >= 11 is 0. The van der Waals surface area contributed by atoms with Crippen LogP contribution in [0.4, 0.5) is 20.6 Å². The Kier molecular flexibility index (Phi) is 5.67. The number of likely N-dealkylation sites (N-methyl/N-ethyl adjacent to an activating group) is 1. The highest BCUT2D eigenvalue weighted by atomic mass is 19.1. The minimum atomic E-state index is -0.550. The Morgan fingerprint density at radius 2 is 1.96 bits per heavy atom. The monoisotopic (exact) mass is 321 g/mol. The standard InChI is InChI=1S/C15H20FN5O2/c1-20(2)9-14(22)10-21-8-13(7-17-21)19-15(23)18-12-5-3-11(16)4-6-12/h3-8,14,22H,9-10H2,1-2H3,(H2,18,19,23). The van der Waals surface area contributed by atoms with Crippen molar-refractivity contribution in [2.75, 3.05) is 31.3 Å². The predicted octanol–water partition coefficient (Wildman–Crippen LogP) is 1.59. The number of benzene rings is 1. The van der Waals surface area contributed by atoms with Gasteiger partial charge in [0.1, 0.15) is 5.82 Å². The van der Waals surface area contributed by atoms with Crippen molar-refractivity contribution in [3.8, 4) is 0 Å². The summed E-state index contributed by atoms with van der Waals surface area (Å²) in [5, 5.41) is 19.1. The number of urea groups is 1. The van der Waals surface area contributed by atoms with Gasteiger partial charge in [-0.1, -0.05) is 0 Å². The molecule has 0 saturated heterocycles. The van der Waals surface area contributed by atoms with Crippen molar-refractivity contribution in [1.82, 2.24) is 14.7 Å². The van der Waals surface area contributed by atoms with Crippen LogP contribution in [0.25, 0.3) is 0 Å². The molecule has 0 aliphatic carbocycles. The lowest BCUT2D eigenvalue weighted by Crippen LogP contribution is -2.29. The lowest BCUT2D eigenvalue weighted by Gasteiger charge is -2.15. The SMILES string of the molecule is CN(C)CC(O)Cn1cc(NC(=O)Nc2ccc(F)cc2)cn1. The molecule has 1 heterocycles. The number of anilines is 2. The van der Waals surface area contributed by atoms with Crippen molar-refractivity contribution in [2.45, 2.75) is 12.6 Å². The van der Waals surface area contributed by atoms with Crippen molar-refractivity contribution in [3.05, 3.63) is 42.5 Å². The number of carbonyl (C=O) groups is 1. The van der Waals surface area contributed by atoms with Crippen molar-refractivity contribution in [3.63, 3.8) is 0 Å². The summed E-state index contributed by atoms with van der Waals surface area (Å²) < 4.78 is 14.4. The summed E-state index contributed by atoms with van der Waals surface area (Å²) in [6.45, 7) is 0.854.